The third kappa shape index (κ3) is 24.4. The zero-order valence-electron chi connectivity index (χ0n) is 61.9. The maximum Gasteiger partial charge on any atom is 0.155 e. The first kappa shape index (κ1) is 79.2. The quantitative estimate of drug-likeness (QED) is 0.0692. The van der Waals surface area contributed by atoms with E-state index in [0.717, 1.165) is 115 Å². The van der Waals surface area contributed by atoms with Crippen LogP contribution in [-0.4, -0.2) is 45.0 Å². The van der Waals surface area contributed by atoms with Crippen molar-refractivity contribution in [1.82, 2.24) is 0 Å². The molecule has 0 saturated heterocycles. The zero-order valence-corrected chi connectivity index (χ0v) is 61.9. The number of oxime groups is 1. The molecule has 5 saturated carbocycles. The molecule has 0 aliphatic heterocycles. The van der Waals surface area contributed by atoms with Gasteiger partial charge in [-0.05, 0) is 186 Å². The number of Topliss-reactive ketones (excluding diaryl/α,β-unsaturated/α-hetero) is 4. The highest BCUT2D eigenvalue weighted by molar-refractivity contribution is 5.90. The lowest BCUT2D eigenvalue weighted by Gasteiger charge is -2.32. The maximum atomic E-state index is 12.0. The molecule has 9 atom stereocenters. The normalized spacial score (nSPS) is 22.5. The molecular formula is C98H106N2O7. The second-order valence-corrected chi connectivity index (χ2v) is 29.2. The molecule has 0 amide bonds. The van der Waals surface area contributed by atoms with Crippen LogP contribution in [0.2, 0.25) is 0 Å². The smallest absolute Gasteiger partial charge is 0.155 e. The minimum absolute atomic E-state index is 0.257. The van der Waals surface area contributed by atoms with E-state index >= 15 is 0 Å². The lowest BCUT2D eigenvalue weighted by atomic mass is 9.71. The average molecular weight is 1420 g/mol. The van der Waals surface area contributed by atoms with E-state index in [1.165, 1.54) is 55.6 Å². The summed E-state index contributed by atoms with van der Waals surface area (Å²) < 4.78 is 0. The third-order valence-electron chi connectivity index (χ3n) is 22.4. The lowest BCUT2D eigenvalue weighted by Crippen LogP contribution is -2.22. The number of hydrogen-bond donors (Lipinski definition) is 3. The van der Waals surface area contributed by atoms with Gasteiger partial charge in [0.15, 0.2) is 5.78 Å². The molecule has 5 fully saturated rings. The largest absolute Gasteiger partial charge is 0.411 e. The highest BCUT2D eigenvalue weighted by atomic mass is 16.4. The number of carbonyl (C=O) groups is 5. The molecule has 0 spiro atoms. The van der Waals surface area contributed by atoms with Crippen LogP contribution in [0.5, 0.6) is 0 Å². The van der Waals surface area contributed by atoms with Crippen LogP contribution < -0.4 is 5.90 Å². The van der Waals surface area contributed by atoms with Crippen LogP contribution in [0.4, 0.5) is 0 Å². The number of ketones is 5. The molecule has 9 heteroatoms. The van der Waals surface area contributed by atoms with Crippen LogP contribution in [-0.2, 0) is 24.0 Å². The van der Waals surface area contributed by atoms with Gasteiger partial charge in [-0.3, -0.25) is 24.0 Å². The molecule has 6 aliphatic carbocycles. The van der Waals surface area contributed by atoms with Crippen LogP contribution in [0.15, 0.2) is 321 Å². The highest BCUT2D eigenvalue weighted by Crippen LogP contribution is 2.46. The molecule has 550 valence electrons. The Balaban J connectivity index is 0.000000138. The van der Waals surface area contributed by atoms with Crippen molar-refractivity contribution in [1.29, 1.82) is 0 Å². The number of benzene rings is 10. The molecule has 6 aliphatic rings. The van der Waals surface area contributed by atoms with Gasteiger partial charge < -0.3 is 10.4 Å². The molecule has 0 aromatic heterocycles. The van der Waals surface area contributed by atoms with E-state index < -0.39 is 0 Å². The first-order valence-electron chi connectivity index (χ1n) is 38.9. The van der Waals surface area contributed by atoms with E-state index in [2.05, 4.69) is 272 Å². The summed E-state index contributed by atoms with van der Waals surface area (Å²) >= 11 is 0. The lowest BCUT2D eigenvalue weighted by molar-refractivity contribution is -0.121. The summed E-state index contributed by atoms with van der Waals surface area (Å²) in [6.07, 6.45) is 21.1. The van der Waals surface area contributed by atoms with Crippen molar-refractivity contribution in [3.05, 3.63) is 371 Å². The Hall–Kier alpha value is -10.3. The number of hydrogen-bond acceptors (Lipinski definition) is 9. The average Bonchev–Trinajstić information content (AvgIpc) is 1.26. The first-order valence-corrected chi connectivity index (χ1v) is 38.9. The van der Waals surface area contributed by atoms with Gasteiger partial charge in [0.25, 0.3) is 0 Å². The van der Waals surface area contributed by atoms with Gasteiger partial charge in [-0.25, -0.2) is 5.90 Å². The Morgan fingerprint density at radius 1 is 0.252 bits per heavy atom. The van der Waals surface area contributed by atoms with E-state index in [9.17, 15) is 24.0 Å². The van der Waals surface area contributed by atoms with E-state index in [1.54, 1.807) is 6.08 Å². The molecule has 1 unspecified atom stereocenters. The van der Waals surface area contributed by atoms with Gasteiger partial charge in [0, 0.05) is 63.7 Å². The molecule has 16 rings (SSSR count). The van der Waals surface area contributed by atoms with Crippen LogP contribution in [0.25, 0.3) is 0 Å². The van der Waals surface area contributed by atoms with Crippen molar-refractivity contribution >= 4 is 34.6 Å². The predicted octanol–water partition coefficient (Wildman–Crippen LogP) is 23.2. The molecule has 0 radical (unpaired) electrons. The summed E-state index contributed by atoms with van der Waals surface area (Å²) in [4.78, 5) is 57.7. The van der Waals surface area contributed by atoms with E-state index in [-0.39, 0.29) is 5.78 Å². The first-order chi connectivity index (χ1) is 52.6. The van der Waals surface area contributed by atoms with Gasteiger partial charge in [0.1, 0.15) is 23.1 Å². The number of rotatable bonds is 10. The van der Waals surface area contributed by atoms with Crippen molar-refractivity contribution in [2.24, 2.45) is 11.1 Å². The van der Waals surface area contributed by atoms with Crippen LogP contribution in [0.1, 0.15) is 243 Å². The van der Waals surface area contributed by atoms with E-state index in [0.29, 0.717) is 102 Å². The second-order valence-electron chi connectivity index (χ2n) is 29.2. The number of carbonyl (C=O) groups excluding carboxylic acids is 5. The monoisotopic (exact) mass is 1420 g/mol. The number of allylic oxidation sites excluding steroid dienone is 2. The van der Waals surface area contributed by atoms with Gasteiger partial charge in [-0.15, -0.1) is 0 Å². The van der Waals surface area contributed by atoms with Gasteiger partial charge in [0.2, 0.25) is 0 Å². The molecule has 0 heterocycles. The van der Waals surface area contributed by atoms with E-state index in [1.807, 2.05) is 48.5 Å². The molecule has 4 N–H and O–H groups in total. The Kier molecular flexibility index (Phi) is 32.1. The summed E-state index contributed by atoms with van der Waals surface area (Å²) in [6, 6.07) is 106. The molecular weight excluding hydrogens is 1320 g/mol. The van der Waals surface area contributed by atoms with Gasteiger partial charge >= 0.3 is 0 Å². The molecule has 0 bridgehead atoms. The Morgan fingerprint density at radius 3 is 0.841 bits per heavy atom. The minimum Gasteiger partial charge on any atom is -0.411 e. The van der Waals surface area contributed by atoms with E-state index in [4.69, 9.17) is 10.4 Å². The Labute approximate surface area is 635 Å². The summed E-state index contributed by atoms with van der Waals surface area (Å²) in [5.74, 6) is 9.93. The fourth-order valence-electron chi connectivity index (χ4n) is 16.8. The SMILES string of the molecule is NO.O=C1C=CC(c2ccccc2)CC1.O=C1CCC(c2ccccc2)CC1.O=C1CCC[C@@H](c2ccccc2)[C@H](c2ccccc2)C1.O=C1CC[C@@H](c2ccccc2)[C@H](c2ccccc2)C1.O=C1CC[C@@H](c2ccccc2)[C@H](c2ccccc2)CC1.ON=C1CC[C@@H](c2ccccc2)[C@H](c2ccccc2)C1. The minimum atomic E-state index is 0.257. The maximum absolute atomic E-state index is 12.0. The number of nitrogens with zero attached hydrogens (tertiary/aromatic N) is 1. The van der Waals surface area contributed by atoms with Crippen LogP contribution in [0, 0.1) is 0 Å². The van der Waals surface area contributed by atoms with Gasteiger partial charge in [-0.2, -0.15) is 0 Å². The van der Waals surface area contributed by atoms with Crippen molar-refractivity contribution in [3.8, 4) is 0 Å². The highest BCUT2D eigenvalue weighted by Gasteiger charge is 2.34. The van der Waals surface area contributed by atoms with Gasteiger partial charge in [0.05, 0.1) is 5.71 Å². The van der Waals surface area contributed by atoms with Crippen molar-refractivity contribution in [3.63, 3.8) is 0 Å². The fourth-order valence-corrected chi connectivity index (χ4v) is 16.8. The third-order valence-corrected chi connectivity index (χ3v) is 22.4. The van der Waals surface area contributed by atoms with Gasteiger partial charge in [-0.1, -0.05) is 315 Å². The van der Waals surface area contributed by atoms with Crippen LogP contribution in [0.3, 0.4) is 0 Å². The Morgan fingerprint density at radius 2 is 0.514 bits per heavy atom. The summed E-state index contributed by atoms with van der Waals surface area (Å²) in [6.45, 7) is 0. The Bertz CT molecular complexity index is 4180. The van der Waals surface area contributed by atoms with Crippen molar-refractivity contribution in [2.75, 3.05) is 0 Å². The molecule has 10 aromatic carbocycles. The second kappa shape index (κ2) is 43.3. The molecule has 107 heavy (non-hydrogen) atoms. The standard InChI is InChI=1S/2C19H20O.C18H19NO.C18H18O.C12H14O.C12H12O.H3NO/c20-17-12-7-13-18(15-8-3-1-4-9-15)19(14-17)16-10-5-2-6-11-16;20-17-11-13-18(15-7-3-1-4-8-15)19(14-12-17)16-9-5-2-6-10-16;20-19-16-11-12-17(14-7-3-1-4-8-14)18(13-16)15-9-5-2-6-10-15;19-16-11-12-17(14-7-3-1-4-8-14)18(13-16)15-9-5-2-6-10-15;2*13-12-8-6-11(7-9-12)10-4-2-1-3-5-10;1-2/h1-6,8-11,18-19H,7,12-14H2;1-10,18-19H,11-14H2;1-10,17-18,20H,11-13H2;1-10,17-18H,11-13H2;1-5,11H,6-9H2;1-6,8,11H,7,9H2;2H,1H2/t2*18-,19-;2*17-,18-;;;/m0000.../s1. The summed E-state index contributed by atoms with van der Waals surface area (Å²) in [7, 11) is 0. The summed E-state index contributed by atoms with van der Waals surface area (Å²) in [5.41, 5.74) is 14.4. The predicted molar refractivity (Wildman–Crippen MR) is 434 cm³/mol. The number of nitrogens with two attached hydrogens (primary N) is 1. The molecule has 9 nitrogen and oxygen atoms in total. The van der Waals surface area contributed by atoms with Crippen molar-refractivity contribution in [2.45, 2.75) is 188 Å². The summed E-state index contributed by atoms with van der Waals surface area (Å²) in [5, 5.41) is 19.1. The molecule has 10 aromatic rings. The van der Waals surface area contributed by atoms with Crippen LogP contribution >= 0.6 is 0 Å². The van der Waals surface area contributed by atoms with Crippen molar-refractivity contribution < 1.29 is 34.4 Å². The fraction of sp³-hybridized carbons (Fsp3) is 0.306. The zero-order chi connectivity index (χ0) is 74.6. The topological polar surface area (TPSA) is 164 Å².